The van der Waals surface area contributed by atoms with E-state index >= 15 is 0 Å². The third-order valence-corrected chi connectivity index (χ3v) is 5.61. The summed E-state index contributed by atoms with van der Waals surface area (Å²) in [6.07, 6.45) is 0.372. The standard InChI is InChI=1S/C15H21NO6S/c1-20-12-7-14(22-3)13(21-2)6-11(12)8-16-15(17)10-4-5-23(18,19)9-10/h6-7,10H,4-5,8-9H2,1-3H3,(H,16,17)/t10-/m0/s1. The third-order valence-electron chi connectivity index (χ3n) is 3.84. The average Bonchev–Trinajstić information content (AvgIpc) is 2.91. The zero-order chi connectivity index (χ0) is 17.0. The number of carbonyl (C=O) groups excluding carboxylic acids is 1. The Hall–Kier alpha value is -1.96. The van der Waals surface area contributed by atoms with Crippen LogP contribution in [0.2, 0.25) is 0 Å². The Kier molecular flexibility index (Phi) is 5.35. The van der Waals surface area contributed by atoms with Gasteiger partial charge in [0.2, 0.25) is 5.91 Å². The number of benzene rings is 1. The van der Waals surface area contributed by atoms with Crippen LogP contribution < -0.4 is 19.5 Å². The molecule has 0 aromatic heterocycles. The van der Waals surface area contributed by atoms with Crippen molar-refractivity contribution in [2.45, 2.75) is 13.0 Å². The van der Waals surface area contributed by atoms with Crippen molar-refractivity contribution in [3.05, 3.63) is 17.7 Å². The summed E-state index contributed by atoms with van der Waals surface area (Å²) in [5.74, 6) is 0.866. The van der Waals surface area contributed by atoms with E-state index in [1.165, 1.54) is 21.3 Å². The Labute approximate surface area is 135 Å². The van der Waals surface area contributed by atoms with Gasteiger partial charge >= 0.3 is 0 Å². The second-order valence-electron chi connectivity index (χ2n) is 5.34. The van der Waals surface area contributed by atoms with Crippen LogP contribution in [0.5, 0.6) is 17.2 Å². The van der Waals surface area contributed by atoms with Gasteiger partial charge in [-0.15, -0.1) is 0 Å². The van der Waals surface area contributed by atoms with Crippen LogP contribution in [0.3, 0.4) is 0 Å². The van der Waals surface area contributed by atoms with Crippen molar-refractivity contribution in [3.63, 3.8) is 0 Å². The van der Waals surface area contributed by atoms with E-state index in [1.807, 2.05) is 0 Å². The molecule has 1 aromatic carbocycles. The summed E-state index contributed by atoms with van der Waals surface area (Å²) in [5, 5.41) is 2.76. The molecule has 2 rings (SSSR count). The van der Waals surface area contributed by atoms with Gasteiger partial charge in [-0.2, -0.15) is 0 Å². The van der Waals surface area contributed by atoms with Gasteiger partial charge in [-0.3, -0.25) is 4.79 Å². The van der Waals surface area contributed by atoms with E-state index in [2.05, 4.69) is 5.32 Å². The van der Waals surface area contributed by atoms with Gasteiger partial charge in [0.1, 0.15) is 5.75 Å². The lowest BCUT2D eigenvalue weighted by atomic mass is 10.1. The second-order valence-corrected chi connectivity index (χ2v) is 7.57. The molecule has 1 amide bonds. The van der Waals surface area contributed by atoms with E-state index in [-0.39, 0.29) is 24.0 Å². The SMILES string of the molecule is COc1cc(OC)c(OC)cc1CNC(=O)[C@H]1CCS(=O)(=O)C1. The van der Waals surface area contributed by atoms with Crippen molar-refractivity contribution in [2.75, 3.05) is 32.8 Å². The maximum Gasteiger partial charge on any atom is 0.224 e. The van der Waals surface area contributed by atoms with E-state index in [0.29, 0.717) is 23.7 Å². The highest BCUT2D eigenvalue weighted by molar-refractivity contribution is 7.91. The highest BCUT2D eigenvalue weighted by Gasteiger charge is 2.32. The number of hydrogen-bond donors (Lipinski definition) is 1. The largest absolute Gasteiger partial charge is 0.496 e. The quantitative estimate of drug-likeness (QED) is 0.820. The molecule has 8 heteroatoms. The minimum absolute atomic E-state index is 0.0742. The van der Waals surface area contributed by atoms with Gasteiger partial charge in [0.05, 0.1) is 38.8 Å². The van der Waals surface area contributed by atoms with Crippen molar-refractivity contribution in [2.24, 2.45) is 5.92 Å². The van der Waals surface area contributed by atoms with E-state index in [0.717, 1.165) is 5.56 Å². The van der Waals surface area contributed by atoms with Gasteiger partial charge in [-0.25, -0.2) is 8.42 Å². The number of hydrogen-bond acceptors (Lipinski definition) is 6. The number of methoxy groups -OCH3 is 3. The summed E-state index contributed by atoms with van der Waals surface area (Å²) in [4.78, 5) is 12.1. The van der Waals surface area contributed by atoms with Crippen LogP contribution in [0.25, 0.3) is 0 Å². The van der Waals surface area contributed by atoms with Gasteiger partial charge in [0.25, 0.3) is 0 Å². The van der Waals surface area contributed by atoms with Crippen molar-refractivity contribution < 1.29 is 27.4 Å². The monoisotopic (exact) mass is 343 g/mol. The lowest BCUT2D eigenvalue weighted by molar-refractivity contribution is -0.124. The van der Waals surface area contributed by atoms with Crippen LogP contribution in [-0.2, 0) is 21.2 Å². The molecule has 1 atom stereocenters. The Morgan fingerprint density at radius 1 is 1.13 bits per heavy atom. The molecule has 1 aromatic rings. The summed E-state index contributed by atoms with van der Waals surface area (Å²) < 4.78 is 38.6. The van der Waals surface area contributed by atoms with Crippen LogP contribution in [-0.4, -0.2) is 47.2 Å². The lowest BCUT2D eigenvalue weighted by Gasteiger charge is -2.15. The van der Waals surface area contributed by atoms with Gasteiger partial charge in [-0.1, -0.05) is 0 Å². The van der Waals surface area contributed by atoms with Crippen LogP contribution in [0.1, 0.15) is 12.0 Å². The molecule has 1 saturated heterocycles. The van der Waals surface area contributed by atoms with Gasteiger partial charge in [0.15, 0.2) is 21.3 Å². The second kappa shape index (κ2) is 7.08. The van der Waals surface area contributed by atoms with Crippen LogP contribution >= 0.6 is 0 Å². The molecule has 1 aliphatic heterocycles. The number of nitrogens with one attached hydrogen (secondary N) is 1. The molecule has 1 fully saturated rings. The molecular weight excluding hydrogens is 322 g/mol. The third kappa shape index (κ3) is 4.07. The highest BCUT2D eigenvalue weighted by Crippen LogP contribution is 2.34. The molecule has 1 N–H and O–H groups in total. The maximum atomic E-state index is 12.1. The number of amides is 1. The zero-order valence-electron chi connectivity index (χ0n) is 13.4. The molecule has 0 aliphatic carbocycles. The molecular formula is C15H21NO6S. The van der Waals surface area contributed by atoms with Crippen molar-refractivity contribution in [1.82, 2.24) is 5.32 Å². The normalized spacial score (nSPS) is 19.2. The molecule has 7 nitrogen and oxygen atoms in total. The van der Waals surface area contributed by atoms with E-state index in [4.69, 9.17) is 14.2 Å². The molecule has 0 radical (unpaired) electrons. The first kappa shape index (κ1) is 17.4. The lowest BCUT2D eigenvalue weighted by Crippen LogP contribution is -2.31. The molecule has 23 heavy (non-hydrogen) atoms. The summed E-state index contributed by atoms with van der Waals surface area (Å²) in [6.45, 7) is 0.221. The van der Waals surface area contributed by atoms with Crippen molar-refractivity contribution in [1.29, 1.82) is 0 Å². The fraction of sp³-hybridized carbons (Fsp3) is 0.533. The summed E-state index contributed by atoms with van der Waals surface area (Å²) in [6, 6.07) is 3.41. The molecule has 1 heterocycles. The highest BCUT2D eigenvalue weighted by atomic mass is 32.2. The molecule has 0 spiro atoms. The first-order chi connectivity index (χ1) is 10.9. The summed E-state index contributed by atoms with van der Waals surface area (Å²) in [5.41, 5.74) is 0.722. The maximum absolute atomic E-state index is 12.1. The zero-order valence-corrected chi connectivity index (χ0v) is 14.2. The predicted molar refractivity (Wildman–Crippen MR) is 84.7 cm³/mol. The van der Waals surface area contributed by atoms with E-state index in [9.17, 15) is 13.2 Å². The molecule has 0 bridgehead atoms. The molecule has 0 saturated carbocycles. The van der Waals surface area contributed by atoms with Gasteiger partial charge in [-0.05, 0) is 12.5 Å². The van der Waals surface area contributed by atoms with Crippen molar-refractivity contribution in [3.8, 4) is 17.2 Å². The molecule has 0 unspecified atom stereocenters. The van der Waals surface area contributed by atoms with E-state index in [1.54, 1.807) is 12.1 Å². The smallest absolute Gasteiger partial charge is 0.224 e. The number of ether oxygens (including phenoxy) is 3. The molecule has 1 aliphatic rings. The van der Waals surface area contributed by atoms with Crippen LogP contribution in [0, 0.1) is 5.92 Å². The van der Waals surface area contributed by atoms with Gasteiger partial charge < -0.3 is 19.5 Å². The summed E-state index contributed by atoms with van der Waals surface area (Å²) >= 11 is 0. The summed E-state index contributed by atoms with van der Waals surface area (Å²) in [7, 11) is 1.50. The fourth-order valence-electron chi connectivity index (χ4n) is 2.56. The first-order valence-electron chi connectivity index (χ1n) is 7.17. The van der Waals surface area contributed by atoms with E-state index < -0.39 is 15.8 Å². The van der Waals surface area contributed by atoms with Gasteiger partial charge in [0, 0.05) is 18.2 Å². The number of sulfone groups is 1. The molecule has 128 valence electrons. The van der Waals surface area contributed by atoms with Crippen LogP contribution in [0.15, 0.2) is 12.1 Å². The Bertz CT molecular complexity index is 685. The Morgan fingerprint density at radius 2 is 1.74 bits per heavy atom. The Balaban J connectivity index is 2.09. The topological polar surface area (TPSA) is 90.9 Å². The minimum Gasteiger partial charge on any atom is -0.496 e. The van der Waals surface area contributed by atoms with Crippen molar-refractivity contribution >= 4 is 15.7 Å². The first-order valence-corrected chi connectivity index (χ1v) is 8.99. The number of rotatable bonds is 6. The predicted octanol–water partition coefficient (Wildman–Crippen LogP) is 0.763. The Morgan fingerprint density at radius 3 is 2.26 bits per heavy atom. The van der Waals surface area contributed by atoms with Crippen LogP contribution in [0.4, 0.5) is 0 Å². The average molecular weight is 343 g/mol. The number of carbonyl (C=O) groups is 1. The fourth-order valence-corrected chi connectivity index (χ4v) is 4.30. The minimum atomic E-state index is -3.08.